The summed E-state index contributed by atoms with van der Waals surface area (Å²) in [6, 6.07) is 15.7. The number of para-hydroxylation sites is 2. The molecule has 0 radical (unpaired) electrons. The van der Waals surface area contributed by atoms with Crippen LogP contribution in [0.15, 0.2) is 60.9 Å². The van der Waals surface area contributed by atoms with E-state index in [0.29, 0.717) is 17.7 Å². The van der Waals surface area contributed by atoms with E-state index in [4.69, 9.17) is 5.73 Å². The van der Waals surface area contributed by atoms with Crippen LogP contribution in [0.5, 0.6) is 0 Å². The molecule has 0 saturated heterocycles. The van der Waals surface area contributed by atoms with Gasteiger partial charge in [0.2, 0.25) is 0 Å². The van der Waals surface area contributed by atoms with E-state index in [-0.39, 0.29) is 24.2 Å². The summed E-state index contributed by atoms with van der Waals surface area (Å²) in [5.41, 5.74) is 9.97. The molecule has 4 N–H and O–H groups in total. The Morgan fingerprint density at radius 1 is 0.867 bits per heavy atom. The third-order valence-electron chi connectivity index (χ3n) is 5.45. The Labute approximate surface area is 179 Å². The fourth-order valence-electron chi connectivity index (χ4n) is 4.14. The number of fused-ring (bicyclic) bond motifs is 2. The fraction of sp³-hybridized carbons (Fsp3) is 0.130. The van der Waals surface area contributed by atoms with E-state index in [9.17, 15) is 9.59 Å². The average Bonchev–Trinajstić information content (AvgIpc) is 3.39. The van der Waals surface area contributed by atoms with Crippen molar-refractivity contribution in [3.63, 3.8) is 0 Å². The smallest absolute Gasteiger partial charge is 0.259 e. The van der Waals surface area contributed by atoms with Gasteiger partial charge in [0.15, 0.2) is 0 Å². The zero-order chi connectivity index (χ0) is 20.0. The minimum Gasteiger partial charge on any atom is -0.361 e. The molecule has 0 spiro atoms. The summed E-state index contributed by atoms with van der Waals surface area (Å²) in [5.74, 6) is -0.731. The van der Waals surface area contributed by atoms with Crippen LogP contribution in [0.4, 0.5) is 0 Å². The molecule has 2 aromatic heterocycles. The quantitative estimate of drug-likeness (QED) is 0.431. The highest BCUT2D eigenvalue weighted by Crippen LogP contribution is 2.38. The molecule has 3 heterocycles. The van der Waals surface area contributed by atoms with Gasteiger partial charge in [-0.2, -0.15) is 0 Å². The van der Waals surface area contributed by atoms with E-state index >= 15 is 0 Å². The summed E-state index contributed by atoms with van der Waals surface area (Å²) in [7, 11) is 0. The molecule has 0 bridgehead atoms. The minimum absolute atomic E-state index is 0. The first-order chi connectivity index (χ1) is 14.2. The number of aromatic nitrogens is 2. The van der Waals surface area contributed by atoms with Gasteiger partial charge >= 0.3 is 0 Å². The lowest BCUT2D eigenvalue weighted by atomic mass is 9.95. The third kappa shape index (κ3) is 3.01. The van der Waals surface area contributed by atoms with Crippen molar-refractivity contribution in [1.82, 2.24) is 14.9 Å². The molecule has 0 saturated carbocycles. The van der Waals surface area contributed by atoms with Gasteiger partial charge in [-0.15, -0.1) is 12.4 Å². The molecule has 0 aliphatic carbocycles. The summed E-state index contributed by atoms with van der Waals surface area (Å²) in [6.45, 7) is 1.34. The molecule has 6 nitrogen and oxygen atoms in total. The van der Waals surface area contributed by atoms with Gasteiger partial charge in [-0.25, -0.2) is 0 Å². The van der Waals surface area contributed by atoms with Crippen LogP contribution in [0.25, 0.3) is 33.0 Å². The molecule has 2 aromatic carbocycles. The van der Waals surface area contributed by atoms with Gasteiger partial charge in [0.1, 0.15) is 0 Å². The number of nitrogens with two attached hydrogens (primary N) is 1. The number of carbonyl (C=O) groups is 2. The maximum absolute atomic E-state index is 12.9. The standard InChI is InChI=1S/C23H20N4O2.ClH/c24-10-5-11-27-13-17(15-7-2-4-9-19(15)27)21-20(22(28)26-23(21)29)16-12-25-18-8-3-1-6-14(16)18;/h1-4,6-9,12-13,25H,5,10-11,24H2,(H,26,28,29);1H. The van der Waals surface area contributed by atoms with Crippen LogP contribution in [-0.2, 0) is 16.1 Å². The number of rotatable bonds is 5. The normalized spacial score (nSPS) is 13.9. The summed E-state index contributed by atoms with van der Waals surface area (Å²) in [4.78, 5) is 28.9. The van der Waals surface area contributed by atoms with Crippen LogP contribution in [0.1, 0.15) is 17.5 Å². The Hall–Kier alpha value is -3.35. The topological polar surface area (TPSA) is 92.9 Å². The number of amides is 2. The number of H-pyrrole nitrogens is 1. The minimum atomic E-state index is -0.367. The SMILES string of the molecule is Cl.NCCCn1cc(C2=C(c3c[nH]c4ccccc34)C(=O)NC2=O)c2ccccc21. The van der Waals surface area contributed by atoms with Gasteiger partial charge in [-0.3, -0.25) is 14.9 Å². The molecule has 0 fully saturated rings. The van der Waals surface area contributed by atoms with Crippen molar-refractivity contribution in [2.45, 2.75) is 13.0 Å². The van der Waals surface area contributed by atoms with Crippen LogP contribution < -0.4 is 11.1 Å². The fourth-order valence-corrected chi connectivity index (χ4v) is 4.14. The van der Waals surface area contributed by atoms with Crippen molar-refractivity contribution in [3.8, 4) is 0 Å². The van der Waals surface area contributed by atoms with E-state index < -0.39 is 0 Å². The second-order valence-electron chi connectivity index (χ2n) is 7.18. The number of halogens is 1. The lowest BCUT2D eigenvalue weighted by Gasteiger charge is -2.03. The Kier molecular flexibility index (Phi) is 5.20. The highest BCUT2D eigenvalue weighted by molar-refractivity contribution is 6.50. The van der Waals surface area contributed by atoms with Crippen LogP contribution in [-0.4, -0.2) is 27.9 Å². The van der Waals surface area contributed by atoms with Gasteiger partial charge in [-0.05, 0) is 25.1 Å². The lowest BCUT2D eigenvalue weighted by molar-refractivity contribution is -0.122. The third-order valence-corrected chi connectivity index (χ3v) is 5.45. The van der Waals surface area contributed by atoms with Crippen LogP contribution in [0.2, 0.25) is 0 Å². The zero-order valence-corrected chi connectivity index (χ0v) is 17.0. The summed E-state index contributed by atoms with van der Waals surface area (Å²) < 4.78 is 2.10. The molecule has 7 heteroatoms. The van der Waals surface area contributed by atoms with Gasteiger partial charge in [0.05, 0.1) is 11.1 Å². The number of benzene rings is 2. The zero-order valence-electron chi connectivity index (χ0n) is 16.1. The van der Waals surface area contributed by atoms with Crippen molar-refractivity contribution < 1.29 is 9.59 Å². The second-order valence-corrected chi connectivity index (χ2v) is 7.18. The van der Waals surface area contributed by atoms with Crippen molar-refractivity contribution >= 4 is 57.2 Å². The first-order valence-electron chi connectivity index (χ1n) is 9.64. The predicted octanol–water partition coefficient (Wildman–Crippen LogP) is 3.46. The largest absolute Gasteiger partial charge is 0.361 e. The molecule has 0 atom stereocenters. The Morgan fingerprint density at radius 2 is 1.53 bits per heavy atom. The number of carbonyl (C=O) groups excluding carboxylic acids is 2. The van der Waals surface area contributed by atoms with Crippen molar-refractivity contribution in [2.75, 3.05) is 6.54 Å². The van der Waals surface area contributed by atoms with Gasteiger partial charge in [-0.1, -0.05) is 36.4 Å². The van der Waals surface area contributed by atoms with Gasteiger partial charge in [0, 0.05) is 51.9 Å². The van der Waals surface area contributed by atoms with E-state index in [2.05, 4.69) is 14.9 Å². The maximum Gasteiger partial charge on any atom is 0.259 e. The molecule has 4 aromatic rings. The number of aryl methyl sites for hydroxylation is 1. The maximum atomic E-state index is 12.9. The lowest BCUT2D eigenvalue weighted by Crippen LogP contribution is -2.22. The number of nitrogens with zero attached hydrogens (tertiary/aromatic N) is 1. The number of nitrogens with one attached hydrogen (secondary N) is 2. The Bertz CT molecular complexity index is 1320. The molecule has 30 heavy (non-hydrogen) atoms. The predicted molar refractivity (Wildman–Crippen MR) is 121 cm³/mol. The summed E-state index contributed by atoms with van der Waals surface area (Å²) >= 11 is 0. The highest BCUT2D eigenvalue weighted by Gasteiger charge is 2.34. The molecule has 152 valence electrons. The number of aromatic amines is 1. The van der Waals surface area contributed by atoms with E-state index in [1.807, 2.05) is 54.7 Å². The van der Waals surface area contributed by atoms with Crippen LogP contribution >= 0.6 is 12.4 Å². The highest BCUT2D eigenvalue weighted by atomic mass is 35.5. The Morgan fingerprint density at radius 3 is 2.30 bits per heavy atom. The van der Waals surface area contributed by atoms with E-state index in [1.54, 1.807) is 6.20 Å². The van der Waals surface area contributed by atoms with Crippen LogP contribution in [0.3, 0.4) is 0 Å². The summed E-state index contributed by atoms with van der Waals surface area (Å²) in [5, 5.41) is 4.35. The van der Waals surface area contributed by atoms with Gasteiger partial charge in [0.25, 0.3) is 11.8 Å². The van der Waals surface area contributed by atoms with Crippen molar-refractivity contribution in [1.29, 1.82) is 0 Å². The molecule has 1 aliphatic heterocycles. The number of hydrogen-bond acceptors (Lipinski definition) is 3. The molecule has 5 rings (SSSR count). The molecule has 2 amide bonds. The number of hydrogen-bond donors (Lipinski definition) is 3. The van der Waals surface area contributed by atoms with Crippen molar-refractivity contribution in [2.24, 2.45) is 5.73 Å². The van der Waals surface area contributed by atoms with E-state index in [1.165, 1.54) is 0 Å². The molecule has 0 unspecified atom stereocenters. The number of imide groups is 1. The van der Waals surface area contributed by atoms with Gasteiger partial charge < -0.3 is 15.3 Å². The molecule has 1 aliphatic rings. The van der Waals surface area contributed by atoms with Crippen LogP contribution in [0, 0.1) is 0 Å². The first-order valence-corrected chi connectivity index (χ1v) is 9.64. The second kappa shape index (κ2) is 7.82. The molecular formula is C23H21ClN4O2. The van der Waals surface area contributed by atoms with E-state index in [0.717, 1.165) is 45.9 Å². The molecular weight excluding hydrogens is 400 g/mol. The monoisotopic (exact) mass is 420 g/mol. The first kappa shape index (κ1) is 19.9. The summed E-state index contributed by atoms with van der Waals surface area (Å²) in [6.07, 6.45) is 4.59. The Balaban J connectivity index is 0.00000218. The van der Waals surface area contributed by atoms with Crippen molar-refractivity contribution in [3.05, 3.63) is 72.1 Å². The average molecular weight is 421 g/mol.